The lowest BCUT2D eigenvalue weighted by Gasteiger charge is -2.07. The Labute approximate surface area is 131 Å². The van der Waals surface area contributed by atoms with E-state index in [1.165, 1.54) is 10.8 Å². The Morgan fingerprint density at radius 3 is 2.86 bits per heavy atom. The molecule has 21 heavy (non-hydrogen) atoms. The van der Waals surface area contributed by atoms with E-state index in [1.54, 1.807) is 30.0 Å². The van der Waals surface area contributed by atoms with E-state index < -0.39 is 0 Å². The maximum Gasteiger partial charge on any atom is 0.150 e. The molecule has 0 unspecified atom stereocenters. The Kier molecular flexibility index (Phi) is 4.12. The number of thioether (sulfide) groups is 1. The number of thiazole rings is 1. The summed E-state index contributed by atoms with van der Waals surface area (Å²) in [7, 11) is 0. The van der Waals surface area contributed by atoms with Gasteiger partial charge >= 0.3 is 0 Å². The van der Waals surface area contributed by atoms with Gasteiger partial charge in [-0.15, -0.1) is 11.3 Å². The number of nitrogens with one attached hydrogen (secondary N) is 1. The maximum atomic E-state index is 13.2. The zero-order valence-corrected chi connectivity index (χ0v) is 13.4. The van der Waals surface area contributed by atoms with Gasteiger partial charge in [-0.25, -0.2) is 9.37 Å². The lowest BCUT2D eigenvalue weighted by molar-refractivity contribution is 0.617. The van der Waals surface area contributed by atoms with Gasteiger partial charge in [0.1, 0.15) is 5.82 Å². The number of aryl methyl sites for hydroxylation is 1. The highest BCUT2D eigenvalue weighted by atomic mass is 32.2. The molecule has 0 spiro atoms. The zero-order chi connectivity index (χ0) is 14.8. The number of fused-ring (bicyclic) bond motifs is 1. The first-order valence-electron chi connectivity index (χ1n) is 6.59. The van der Waals surface area contributed by atoms with Crippen LogP contribution in [0.15, 0.2) is 40.7 Å². The second-order valence-corrected chi connectivity index (χ2v) is 6.89. The molecule has 0 saturated carbocycles. The summed E-state index contributed by atoms with van der Waals surface area (Å²) < 4.78 is 15.5. The second kappa shape index (κ2) is 6.03. The van der Waals surface area contributed by atoms with Crippen molar-refractivity contribution in [1.82, 2.24) is 4.98 Å². The number of rotatable bonds is 4. The van der Waals surface area contributed by atoms with Crippen LogP contribution in [0.4, 0.5) is 10.1 Å². The molecule has 0 atom stereocenters. The molecule has 3 rings (SSSR count). The molecule has 108 valence electrons. The molecule has 0 amide bonds. The summed E-state index contributed by atoms with van der Waals surface area (Å²) in [5.41, 5.74) is 3.84. The van der Waals surface area contributed by atoms with Crippen molar-refractivity contribution in [1.29, 1.82) is 0 Å². The van der Waals surface area contributed by atoms with Gasteiger partial charge in [-0.3, -0.25) is 0 Å². The fourth-order valence-corrected chi connectivity index (χ4v) is 3.65. The lowest BCUT2D eigenvalue weighted by Crippen LogP contribution is -2.00. The first kappa shape index (κ1) is 14.4. The average Bonchev–Trinajstić information content (AvgIpc) is 2.90. The van der Waals surface area contributed by atoms with Gasteiger partial charge in [-0.1, -0.05) is 23.9 Å². The minimum atomic E-state index is -0.158. The summed E-state index contributed by atoms with van der Waals surface area (Å²) in [6, 6.07) is 11.4. The van der Waals surface area contributed by atoms with Crippen LogP contribution in [-0.2, 0) is 6.54 Å². The highest BCUT2D eigenvalue weighted by molar-refractivity contribution is 8.00. The molecule has 2 aromatic carbocycles. The Morgan fingerprint density at radius 2 is 2.10 bits per heavy atom. The van der Waals surface area contributed by atoms with Crippen LogP contribution in [0.3, 0.4) is 0 Å². The molecule has 2 nitrogen and oxygen atoms in total. The first-order valence-corrected chi connectivity index (χ1v) is 8.63. The number of hydrogen-bond acceptors (Lipinski definition) is 4. The van der Waals surface area contributed by atoms with Gasteiger partial charge in [0.2, 0.25) is 0 Å². The smallest absolute Gasteiger partial charge is 0.150 e. The number of aromatic nitrogens is 1. The summed E-state index contributed by atoms with van der Waals surface area (Å²) in [5.74, 6) is -0.158. The van der Waals surface area contributed by atoms with Crippen LogP contribution in [0.5, 0.6) is 0 Å². The minimum Gasteiger partial charge on any atom is -0.381 e. The van der Waals surface area contributed by atoms with Crippen molar-refractivity contribution in [3.8, 4) is 0 Å². The van der Waals surface area contributed by atoms with Crippen molar-refractivity contribution in [2.24, 2.45) is 0 Å². The molecule has 0 bridgehead atoms. The summed E-state index contributed by atoms with van der Waals surface area (Å²) in [6.07, 6.45) is 2.04. The quantitative estimate of drug-likeness (QED) is 0.679. The van der Waals surface area contributed by atoms with Crippen molar-refractivity contribution < 1.29 is 4.39 Å². The standard InChI is InChI=1S/C16H15FN2S2/c1-10-7-11(3-5-13(10)17)9-18-12-4-6-14-15(8-12)21-16(19-14)20-2/h3-8,18H,9H2,1-2H3. The van der Waals surface area contributed by atoms with Crippen LogP contribution in [0, 0.1) is 12.7 Å². The molecule has 0 radical (unpaired) electrons. The van der Waals surface area contributed by atoms with Crippen molar-refractivity contribution in [2.45, 2.75) is 17.8 Å². The van der Waals surface area contributed by atoms with E-state index in [2.05, 4.69) is 16.4 Å². The van der Waals surface area contributed by atoms with Crippen molar-refractivity contribution in [3.63, 3.8) is 0 Å². The number of anilines is 1. The highest BCUT2D eigenvalue weighted by Gasteiger charge is 2.04. The molecule has 1 aromatic heterocycles. The van der Waals surface area contributed by atoms with E-state index in [-0.39, 0.29) is 5.82 Å². The molecule has 1 heterocycles. The molecular weight excluding hydrogens is 303 g/mol. The number of nitrogens with zero attached hydrogens (tertiary/aromatic N) is 1. The molecule has 5 heteroatoms. The van der Waals surface area contributed by atoms with E-state index in [0.717, 1.165) is 21.1 Å². The van der Waals surface area contributed by atoms with Crippen molar-refractivity contribution in [2.75, 3.05) is 11.6 Å². The summed E-state index contributed by atoms with van der Waals surface area (Å²) in [4.78, 5) is 4.52. The van der Waals surface area contributed by atoms with Crippen LogP contribution >= 0.6 is 23.1 Å². The predicted molar refractivity (Wildman–Crippen MR) is 89.9 cm³/mol. The average molecular weight is 318 g/mol. The van der Waals surface area contributed by atoms with Gasteiger partial charge in [-0.05, 0) is 48.6 Å². The monoisotopic (exact) mass is 318 g/mol. The van der Waals surface area contributed by atoms with Gasteiger partial charge in [0.15, 0.2) is 4.34 Å². The number of benzene rings is 2. The van der Waals surface area contributed by atoms with Crippen molar-refractivity contribution in [3.05, 3.63) is 53.3 Å². The van der Waals surface area contributed by atoms with E-state index in [9.17, 15) is 4.39 Å². The number of halogens is 1. The zero-order valence-electron chi connectivity index (χ0n) is 11.8. The third-order valence-electron chi connectivity index (χ3n) is 3.26. The Hall–Kier alpha value is -1.59. The molecule has 0 saturated heterocycles. The predicted octanol–water partition coefficient (Wildman–Crippen LogP) is 5.08. The topological polar surface area (TPSA) is 24.9 Å². The molecule has 3 aromatic rings. The molecule has 0 aliphatic rings. The molecule has 0 aliphatic carbocycles. The summed E-state index contributed by atoms with van der Waals surface area (Å²) >= 11 is 3.36. The van der Waals surface area contributed by atoms with E-state index in [4.69, 9.17) is 0 Å². The number of hydrogen-bond donors (Lipinski definition) is 1. The van der Waals surface area contributed by atoms with Gasteiger partial charge in [0, 0.05) is 12.2 Å². The second-order valence-electron chi connectivity index (χ2n) is 4.80. The van der Waals surface area contributed by atoms with Crippen LogP contribution < -0.4 is 5.32 Å². The third kappa shape index (κ3) is 3.19. The fraction of sp³-hybridized carbons (Fsp3) is 0.188. The SMILES string of the molecule is CSc1nc2ccc(NCc3ccc(F)c(C)c3)cc2s1. The van der Waals surface area contributed by atoms with Crippen LogP contribution in [-0.4, -0.2) is 11.2 Å². The van der Waals surface area contributed by atoms with Crippen LogP contribution in [0.25, 0.3) is 10.2 Å². The van der Waals surface area contributed by atoms with Gasteiger partial charge in [-0.2, -0.15) is 0 Å². The summed E-state index contributed by atoms with van der Waals surface area (Å²) in [6.45, 7) is 2.47. The molecule has 0 fully saturated rings. The van der Waals surface area contributed by atoms with Crippen molar-refractivity contribution >= 4 is 39.0 Å². The normalized spacial score (nSPS) is 11.0. The third-order valence-corrected chi connectivity index (χ3v) is 5.27. The minimum absolute atomic E-state index is 0.158. The van der Waals surface area contributed by atoms with E-state index >= 15 is 0 Å². The Morgan fingerprint density at radius 1 is 1.24 bits per heavy atom. The highest BCUT2D eigenvalue weighted by Crippen LogP contribution is 2.30. The molecular formula is C16H15FN2S2. The first-order chi connectivity index (χ1) is 10.2. The lowest BCUT2D eigenvalue weighted by atomic mass is 10.1. The summed E-state index contributed by atoms with van der Waals surface area (Å²) in [5, 5.41) is 3.38. The van der Waals surface area contributed by atoms with E-state index in [1.807, 2.05) is 30.5 Å². The maximum absolute atomic E-state index is 13.2. The Balaban J connectivity index is 1.76. The van der Waals surface area contributed by atoms with Crippen LogP contribution in [0.2, 0.25) is 0 Å². The molecule has 1 N–H and O–H groups in total. The molecule has 0 aliphatic heterocycles. The van der Waals surface area contributed by atoms with Gasteiger partial charge in [0.05, 0.1) is 10.2 Å². The van der Waals surface area contributed by atoms with E-state index in [0.29, 0.717) is 12.1 Å². The van der Waals surface area contributed by atoms with Gasteiger partial charge < -0.3 is 5.32 Å². The Bertz CT molecular complexity index is 783. The van der Waals surface area contributed by atoms with Gasteiger partial charge in [0.25, 0.3) is 0 Å². The van der Waals surface area contributed by atoms with Crippen LogP contribution in [0.1, 0.15) is 11.1 Å². The largest absolute Gasteiger partial charge is 0.381 e. The fourth-order valence-electron chi connectivity index (χ4n) is 2.12.